The molecule has 4 aromatic rings. The molecular formula is C35H43GeO3PS. The predicted octanol–water partition coefficient (Wildman–Crippen LogP) is 9.10. The second kappa shape index (κ2) is 16.6. The van der Waals surface area contributed by atoms with Crippen LogP contribution in [-0.2, 0) is 47.6 Å². The van der Waals surface area contributed by atoms with Gasteiger partial charge in [-0.2, -0.15) is 0 Å². The fourth-order valence-corrected chi connectivity index (χ4v) is 18.8. The van der Waals surface area contributed by atoms with Gasteiger partial charge in [-0.05, 0) is 0 Å². The van der Waals surface area contributed by atoms with Crippen LogP contribution in [0.15, 0.2) is 121 Å². The maximum atomic E-state index is 6.68. The molecule has 0 fully saturated rings. The summed E-state index contributed by atoms with van der Waals surface area (Å²) < 4.78 is 18.6. The molecule has 0 spiro atoms. The third-order valence-electron chi connectivity index (χ3n) is 7.42. The molecule has 216 valence electrons. The van der Waals surface area contributed by atoms with Crippen LogP contribution in [-0.4, -0.2) is 32.6 Å². The van der Waals surface area contributed by atoms with Crippen molar-refractivity contribution in [2.24, 2.45) is 0 Å². The van der Waals surface area contributed by atoms with Crippen molar-refractivity contribution in [3.05, 3.63) is 144 Å². The molecule has 0 saturated carbocycles. The van der Waals surface area contributed by atoms with E-state index in [2.05, 4.69) is 121 Å². The summed E-state index contributed by atoms with van der Waals surface area (Å²) in [7, 11) is 0. The van der Waals surface area contributed by atoms with Crippen molar-refractivity contribution < 1.29 is 13.6 Å². The second-order valence-electron chi connectivity index (χ2n) is 10.7. The van der Waals surface area contributed by atoms with E-state index in [4.69, 9.17) is 25.4 Å². The van der Waals surface area contributed by atoms with Crippen LogP contribution in [0.2, 0.25) is 5.25 Å². The van der Waals surface area contributed by atoms with Crippen molar-refractivity contribution in [3.8, 4) is 0 Å². The van der Waals surface area contributed by atoms with E-state index in [1.54, 1.807) is 0 Å². The van der Waals surface area contributed by atoms with Gasteiger partial charge >= 0.3 is 256 Å². The molecule has 6 heteroatoms. The van der Waals surface area contributed by atoms with Crippen molar-refractivity contribution in [2.45, 2.75) is 53.8 Å². The topological polar surface area (TPSA) is 27.7 Å². The third kappa shape index (κ3) is 10.6. The molecule has 0 bridgehead atoms. The number of hydrogen-bond donors (Lipinski definition) is 0. The van der Waals surface area contributed by atoms with E-state index in [9.17, 15) is 0 Å². The molecule has 0 radical (unpaired) electrons. The standard InChI is InChI=1S/C35H43GeO3PS/c1-3-37-40(41,38-4-2)39-35(27-31-17-9-5-10-18-31)25-26-36(28-32-19-11-6-12-20-32,29-33-21-13-7-14-22-33)30-34-23-15-8-16-24-34/h5-24,35H,3-4,25-30H2,1-2H3. The Morgan fingerprint density at radius 2 is 0.951 bits per heavy atom. The van der Waals surface area contributed by atoms with E-state index in [0.29, 0.717) is 13.2 Å². The van der Waals surface area contributed by atoms with Gasteiger partial charge in [0.2, 0.25) is 0 Å². The summed E-state index contributed by atoms with van der Waals surface area (Å²) in [6.45, 7) is 2.03. The Labute approximate surface area is 254 Å². The molecule has 0 aliphatic carbocycles. The molecule has 0 heterocycles. The summed E-state index contributed by atoms with van der Waals surface area (Å²) >= 11 is 3.19. The van der Waals surface area contributed by atoms with Crippen molar-refractivity contribution in [1.29, 1.82) is 0 Å². The van der Waals surface area contributed by atoms with Crippen LogP contribution in [0.4, 0.5) is 0 Å². The first-order valence-corrected chi connectivity index (χ1v) is 23.2. The molecule has 0 amide bonds. The Morgan fingerprint density at radius 3 is 1.32 bits per heavy atom. The maximum absolute atomic E-state index is 6.68. The molecule has 1 unspecified atom stereocenters. The summed E-state index contributed by atoms with van der Waals surface area (Å²) in [6.07, 6.45) is 1.65. The van der Waals surface area contributed by atoms with Crippen molar-refractivity contribution in [3.63, 3.8) is 0 Å². The number of benzene rings is 4. The first-order chi connectivity index (χ1) is 20.0. The summed E-state index contributed by atoms with van der Waals surface area (Å²) in [5, 5.41) is 4.64. The summed E-state index contributed by atoms with van der Waals surface area (Å²) in [5.41, 5.74) is 5.57. The molecule has 1 atom stereocenters. The molecule has 0 saturated heterocycles. The fraction of sp³-hybridized carbons (Fsp3) is 0.314. The molecule has 3 nitrogen and oxygen atoms in total. The zero-order chi connectivity index (χ0) is 28.8. The van der Waals surface area contributed by atoms with Gasteiger partial charge in [-0.3, -0.25) is 0 Å². The van der Waals surface area contributed by atoms with Crippen LogP contribution in [0.1, 0.15) is 42.5 Å². The van der Waals surface area contributed by atoms with Crippen molar-refractivity contribution in [2.75, 3.05) is 13.2 Å². The van der Waals surface area contributed by atoms with E-state index < -0.39 is 20.0 Å². The van der Waals surface area contributed by atoms with Crippen LogP contribution >= 0.6 is 6.72 Å². The van der Waals surface area contributed by atoms with Crippen LogP contribution < -0.4 is 0 Å². The molecule has 0 aliphatic rings. The minimum atomic E-state index is -2.84. The van der Waals surface area contributed by atoms with Gasteiger partial charge in [0.1, 0.15) is 0 Å². The SMILES string of the molecule is CCOP(=S)(OCC)OC(C[CH2][Ge]([CH2]c1ccccc1)([CH2]c1ccccc1)[CH2]c1ccccc1)Cc1ccccc1. The molecule has 4 aromatic carbocycles. The first kappa shape index (κ1) is 31.9. The van der Waals surface area contributed by atoms with Gasteiger partial charge in [0, 0.05) is 0 Å². The molecular weight excluding hydrogens is 604 g/mol. The van der Waals surface area contributed by atoms with Crippen LogP contribution in [0, 0.1) is 0 Å². The fourth-order valence-electron chi connectivity index (χ4n) is 5.67. The van der Waals surface area contributed by atoms with Gasteiger partial charge < -0.3 is 0 Å². The summed E-state index contributed by atoms with van der Waals surface area (Å²) in [6, 6.07) is 43.8. The van der Waals surface area contributed by atoms with E-state index in [1.165, 1.54) is 22.3 Å². The van der Waals surface area contributed by atoms with Crippen LogP contribution in [0.3, 0.4) is 0 Å². The van der Waals surface area contributed by atoms with Gasteiger partial charge in [0.05, 0.1) is 0 Å². The monoisotopic (exact) mass is 648 g/mol. The number of hydrogen-bond acceptors (Lipinski definition) is 4. The van der Waals surface area contributed by atoms with Gasteiger partial charge in [0.15, 0.2) is 0 Å². The Balaban J connectivity index is 1.69. The predicted molar refractivity (Wildman–Crippen MR) is 178 cm³/mol. The molecule has 41 heavy (non-hydrogen) atoms. The zero-order valence-electron chi connectivity index (χ0n) is 24.4. The van der Waals surface area contributed by atoms with E-state index >= 15 is 0 Å². The van der Waals surface area contributed by atoms with E-state index in [1.807, 2.05) is 13.8 Å². The molecule has 0 aliphatic heterocycles. The summed E-state index contributed by atoms with van der Waals surface area (Å²) in [4.78, 5) is 0. The minimum absolute atomic E-state index is 0.0753. The average Bonchev–Trinajstić information content (AvgIpc) is 2.98. The van der Waals surface area contributed by atoms with Crippen molar-refractivity contribution in [1.82, 2.24) is 0 Å². The van der Waals surface area contributed by atoms with Gasteiger partial charge in [0.25, 0.3) is 0 Å². The van der Waals surface area contributed by atoms with E-state index in [-0.39, 0.29) is 6.10 Å². The normalized spacial score (nSPS) is 12.7. The van der Waals surface area contributed by atoms with Gasteiger partial charge in [-0.15, -0.1) is 0 Å². The zero-order valence-corrected chi connectivity index (χ0v) is 28.2. The Morgan fingerprint density at radius 1 is 0.585 bits per heavy atom. The second-order valence-corrected chi connectivity index (χ2v) is 23.3. The van der Waals surface area contributed by atoms with Crippen molar-refractivity contribution >= 4 is 31.8 Å². The quantitative estimate of drug-likeness (QED) is 0.0845. The molecule has 0 aromatic heterocycles. The Kier molecular flexibility index (Phi) is 12.9. The summed E-state index contributed by atoms with van der Waals surface area (Å²) in [5.74, 6) is 0. The van der Waals surface area contributed by atoms with E-state index in [0.717, 1.165) is 33.9 Å². The van der Waals surface area contributed by atoms with Gasteiger partial charge in [-0.25, -0.2) is 0 Å². The Hall–Kier alpha value is -2.05. The van der Waals surface area contributed by atoms with Gasteiger partial charge in [-0.1, -0.05) is 0 Å². The molecule has 4 rings (SSSR count). The third-order valence-corrected chi connectivity index (χ3v) is 20.1. The number of rotatable bonds is 17. The Bertz CT molecular complexity index is 1210. The van der Waals surface area contributed by atoms with Crippen LogP contribution in [0.25, 0.3) is 0 Å². The average molecular weight is 647 g/mol. The van der Waals surface area contributed by atoms with Crippen LogP contribution in [0.5, 0.6) is 0 Å². The molecule has 0 N–H and O–H groups in total. The first-order valence-electron chi connectivity index (χ1n) is 14.7.